The number of nitrogens with zero attached hydrogens (tertiary/aromatic N) is 3. The Kier molecular flexibility index (Phi) is 3.60. The highest BCUT2D eigenvalue weighted by Crippen LogP contribution is 2.25. The van der Waals surface area contributed by atoms with Crippen LogP contribution in [0.2, 0.25) is 5.15 Å². The Labute approximate surface area is 135 Å². The van der Waals surface area contributed by atoms with Crippen LogP contribution in [0.1, 0.15) is 11.4 Å². The SMILES string of the molecule is Cc1ccc2cc(-c3nc(C)c(I)c(Cl)n3)ccc2n1. The fourth-order valence-electron chi connectivity index (χ4n) is 2.02. The summed E-state index contributed by atoms with van der Waals surface area (Å²) >= 11 is 8.29. The molecule has 3 aromatic rings. The van der Waals surface area contributed by atoms with E-state index in [-0.39, 0.29) is 0 Å². The smallest absolute Gasteiger partial charge is 0.161 e. The predicted molar refractivity (Wildman–Crippen MR) is 90.0 cm³/mol. The number of hydrogen-bond donors (Lipinski definition) is 0. The fraction of sp³-hybridized carbons (Fsp3) is 0.133. The van der Waals surface area contributed by atoms with Gasteiger partial charge in [0.25, 0.3) is 0 Å². The zero-order chi connectivity index (χ0) is 14.3. The van der Waals surface area contributed by atoms with Crippen LogP contribution in [0.4, 0.5) is 0 Å². The molecular formula is C15H11ClIN3. The molecule has 0 amide bonds. The number of benzene rings is 1. The van der Waals surface area contributed by atoms with Gasteiger partial charge in [0.15, 0.2) is 5.82 Å². The Morgan fingerprint density at radius 3 is 2.55 bits per heavy atom. The molecular weight excluding hydrogens is 385 g/mol. The van der Waals surface area contributed by atoms with Gasteiger partial charge in [-0.15, -0.1) is 0 Å². The van der Waals surface area contributed by atoms with Crippen molar-refractivity contribution in [2.45, 2.75) is 13.8 Å². The minimum absolute atomic E-state index is 0.496. The van der Waals surface area contributed by atoms with E-state index in [9.17, 15) is 0 Å². The summed E-state index contributed by atoms with van der Waals surface area (Å²) in [6.07, 6.45) is 0. The van der Waals surface area contributed by atoms with Crippen molar-refractivity contribution in [3.05, 3.63) is 50.4 Å². The maximum atomic E-state index is 6.14. The van der Waals surface area contributed by atoms with Crippen molar-refractivity contribution in [1.29, 1.82) is 0 Å². The van der Waals surface area contributed by atoms with Gasteiger partial charge in [-0.25, -0.2) is 9.97 Å². The van der Waals surface area contributed by atoms with Crippen molar-refractivity contribution in [2.75, 3.05) is 0 Å². The van der Waals surface area contributed by atoms with Gasteiger partial charge in [-0.05, 0) is 60.7 Å². The van der Waals surface area contributed by atoms with Crippen molar-refractivity contribution >= 4 is 45.1 Å². The third-order valence-electron chi connectivity index (χ3n) is 3.06. The summed E-state index contributed by atoms with van der Waals surface area (Å²) in [6, 6.07) is 10.1. The molecule has 0 saturated carbocycles. The van der Waals surface area contributed by atoms with E-state index in [2.05, 4.69) is 43.6 Å². The second-order valence-corrected chi connectivity index (χ2v) is 6.03. The molecule has 2 aromatic heterocycles. The van der Waals surface area contributed by atoms with Crippen LogP contribution in [-0.2, 0) is 0 Å². The molecule has 0 spiro atoms. The largest absolute Gasteiger partial charge is 0.253 e. The fourth-order valence-corrected chi connectivity index (χ4v) is 2.48. The molecule has 0 radical (unpaired) electrons. The van der Waals surface area contributed by atoms with Gasteiger partial charge in [0.05, 0.1) is 14.8 Å². The zero-order valence-corrected chi connectivity index (χ0v) is 13.9. The number of aryl methyl sites for hydroxylation is 2. The van der Waals surface area contributed by atoms with Crippen molar-refractivity contribution < 1.29 is 0 Å². The molecule has 3 rings (SSSR count). The van der Waals surface area contributed by atoms with E-state index in [1.54, 1.807) is 0 Å². The summed E-state index contributed by atoms with van der Waals surface area (Å²) in [6.45, 7) is 3.92. The Bertz CT molecular complexity index is 794. The van der Waals surface area contributed by atoms with Gasteiger partial charge in [0.2, 0.25) is 0 Å². The summed E-state index contributed by atoms with van der Waals surface area (Å²) in [5.41, 5.74) is 3.82. The van der Waals surface area contributed by atoms with Gasteiger partial charge in [-0.3, -0.25) is 4.98 Å². The highest BCUT2D eigenvalue weighted by atomic mass is 127. The summed E-state index contributed by atoms with van der Waals surface area (Å²) in [5, 5.41) is 1.57. The molecule has 100 valence electrons. The molecule has 0 fully saturated rings. The first-order chi connectivity index (χ1) is 9.54. The number of aromatic nitrogens is 3. The van der Waals surface area contributed by atoms with E-state index < -0.39 is 0 Å². The molecule has 0 N–H and O–H groups in total. The van der Waals surface area contributed by atoms with Crippen molar-refractivity contribution in [3.8, 4) is 11.4 Å². The second kappa shape index (κ2) is 5.26. The average molecular weight is 396 g/mol. The maximum absolute atomic E-state index is 6.14. The second-order valence-electron chi connectivity index (χ2n) is 4.60. The summed E-state index contributed by atoms with van der Waals surface area (Å²) < 4.78 is 0.895. The van der Waals surface area contributed by atoms with Crippen LogP contribution in [0, 0.1) is 17.4 Å². The van der Waals surface area contributed by atoms with Gasteiger partial charge >= 0.3 is 0 Å². The van der Waals surface area contributed by atoms with Gasteiger partial charge in [-0.2, -0.15) is 0 Å². The zero-order valence-electron chi connectivity index (χ0n) is 11.0. The maximum Gasteiger partial charge on any atom is 0.161 e. The summed E-state index contributed by atoms with van der Waals surface area (Å²) in [4.78, 5) is 13.4. The first kappa shape index (κ1) is 13.7. The molecule has 2 heterocycles. The Morgan fingerprint density at radius 1 is 1.00 bits per heavy atom. The Hall–Kier alpha value is -1.27. The van der Waals surface area contributed by atoms with Crippen LogP contribution >= 0.6 is 34.2 Å². The van der Waals surface area contributed by atoms with Gasteiger partial charge in [0, 0.05) is 16.6 Å². The lowest BCUT2D eigenvalue weighted by Gasteiger charge is -2.06. The third-order valence-corrected chi connectivity index (χ3v) is 4.95. The topological polar surface area (TPSA) is 38.7 Å². The molecule has 3 nitrogen and oxygen atoms in total. The Morgan fingerprint density at radius 2 is 1.80 bits per heavy atom. The molecule has 5 heteroatoms. The third kappa shape index (κ3) is 2.50. The summed E-state index contributed by atoms with van der Waals surface area (Å²) in [7, 11) is 0. The summed E-state index contributed by atoms with van der Waals surface area (Å²) in [5.74, 6) is 0.649. The number of halogens is 2. The van der Waals surface area contributed by atoms with E-state index in [0.29, 0.717) is 11.0 Å². The van der Waals surface area contributed by atoms with Crippen LogP contribution in [0.3, 0.4) is 0 Å². The van der Waals surface area contributed by atoms with E-state index in [1.807, 2.05) is 38.1 Å². The molecule has 0 aliphatic heterocycles. The molecule has 0 bridgehead atoms. The molecule has 1 aromatic carbocycles. The molecule has 0 atom stereocenters. The lowest BCUT2D eigenvalue weighted by Crippen LogP contribution is -1.96. The van der Waals surface area contributed by atoms with Gasteiger partial charge in [0.1, 0.15) is 5.15 Å². The van der Waals surface area contributed by atoms with E-state index >= 15 is 0 Å². The highest BCUT2D eigenvalue weighted by Gasteiger charge is 2.09. The lowest BCUT2D eigenvalue weighted by atomic mass is 10.1. The van der Waals surface area contributed by atoms with Crippen molar-refractivity contribution in [1.82, 2.24) is 15.0 Å². The van der Waals surface area contributed by atoms with Crippen LogP contribution in [0.25, 0.3) is 22.3 Å². The molecule has 0 unspecified atom stereocenters. The van der Waals surface area contributed by atoms with E-state index in [0.717, 1.165) is 31.4 Å². The van der Waals surface area contributed by atoms with Gasteiger partial charge in [-0.1, -0.05) is 17.7 Å². The predicted octanol–water partition coefficient (Wildman–Crippen LogP) is 4.57. The van der Waals surface area contributed by atoms with E-state index in [1.165, 1.54) is 0 Å². The minimum atomic E-state index is 0.496. The standard InChI is InChI=1S/C15H11ClIN3/c1-8-3-4-10-7-11(5-6-12(10)18-8)15-19-9(2)13(17)14(16)20-15/h3-7H,1-2H3. The number of hydrogen-bond acceptors (Lipinski definition) is 3. The monoisotopic (exact) mass is 395 g/mol. The molecule has 20 heavy (non-hydrogen) atoms. The molecule has 0 aliphatic carbocycles. The Balaban J connectivity index is 2.17. The average Bonchev–Trinajstić information content (AvgIpc) is 2.43. The van der Waals surface area contributed by atoms with Crippen LogP contribution < -0.4 is 0 Å². The first-order valence-electron chi connectivity index (χ1n) is 6.12. The lowest BCUT2D eigenvalue weighted by molar-refractivity contribution is 1.09. The van der Waals surface area contributed by atoms with Gasteiger partial charge < -0.3 is 0 Å². The molecule has 0 saturated heterocycles. The van der Waals surface area contributed by atoms with E-state index in [4.69, 9.17) is 11.6 Å². The number of rotatable bonds is 1. The van der Waals surface area contributed by atoms with Crippen LogP contribution in [-0.4, -0.2) is 15.0 Å². The van der Waals surface area contributed by atoms with Crippen LogP contribution in [0.15, 0.2) is 30.3 Å². The highest BCUT2D eigenvalue weighted by molar-refractivity contribution is 14.1. The number of pyridine rings is 1. The van der Waals surface area contributed by atoms with Crippen molar-refractivity contribution in [2.24, 2.45) is 0 Å². The quantitative estimate of drug-likeness (QED) is 0.448. The molecule has 0 aliphatic rings. The normalized spacial score (nSPS) is 11.0. The minimum Gasteiger partial charge on any atom is -0.253 e. The van der Waals surface area contributed by atoms with Crippen LogP contribution in [0.5, 0.6) is 0 Å². The van der Waals surface area contributed by atoms with Crippen molar-refractivity contribution in [3.63, 3.8) is 0 Å². The number of fused-ring (bicyclic) bond motifs is 1. The first-order valence-corrected chi connectivity index (χ1v) is 7.58.